The van der Waals surface area contributed by atoms with Gasteiger partial charge in [-0.1, -0.05) is 65.3 Å². The molecule has 0 aliphatic heterocycles. The van der Waals surface area contributed by atoms with E-state index in [0.29, 0.717) is 17.9 Å². The standard InChI is InChI=1S/C19H33N/c1-6-9-16(5)19(20-14-7-2)18-12-10-17(11-13-18)15(4)8-3/h10-13,15-16,19-20H,6-9,14H2,1-5H3. The molecule has 0 aromatic heterocycles. The van der Waals surface area contributed by atoms with E-state index in [4.69, 9.17) is 0 Å². The van der Waals surface area contributed by atoms with Gasteiger partial charge in [0.25, 0.3) is 0 Å². The van der Waals surface area contributed by atoms with Crippen molar-refractivity contribution in [2.75, 3.05) is 6.54 Å². The van der Waals surface area contributed by atoms with Gasteiger partial charge in [0.1, 0.15) is 0 Å². The molecule has 0 saturated heterocycles. The lowest BCUT2D eigenvalue weighted by Crippen LogP contribution is -2.27. The summed E-state index contributed by atoms with van der Waals surface area (Å²) in [5.74, 6) is 1.36. The minimum atomic E-state index is 0.501. The number of benzene rings is 1. The lowest BCUT2D eigenvalue weighted by atomic mass is 9.89. The fourth-order valence-corrected chi connectivity index (χ4v) is 2.84. The lowest BCUT2D eigenvalue weighted by Gasteiger charge is -2.26. The van der Waals surface area contributed by atoms with Gasteiger partial charge in [0.2, 0.25) is 0 Å². The summed E-state index contributed by atoms with van der Waals surface area (Å²) in [6.07, 6.45) is 4.95. The van der Waals surface area contributed by atoms with Crippen LogP contribution in [-0.4, -0.2) is 6.54 Å². The second-order valence-electron chi connectivity index (χ2n) is 6.17. The van der Waals surface area contributed by atoms with Crippen molar-refractivity contribution >= 4 is 0 Å². The number of rotatable bonds is 9. The van der Waals surface area contributed by atoms with Crippen molar-refractivity contribution in [3.05, 3.63) is 35.4 Å². The first-order valence-corrected chi connectivity index (χ1v) is 8.47. The summed E-state index contributed by atoms with van der Waals surface area (Å²) in [6, 6.07) is 9.81. The summed E-state index contributed by atoms with van der Waals surface area (Å²) >= 11 is 0. The SMILES string of the molecule is CCCNC(c1ccc(C(C)CC)cc1)C(C)CCC. The molecule has 20 heavy (non-hydrogen) atoms. The largest absolute Gasteiger partial charge is 0.310 e. The third-order valence-corrected chi connectivity index (χ3v) is 4.40. The summed E-state index contributed by atoms with van der Waals surface area (Å²) in [7, 11) is 0. The Hall–Kier alpha value is -0.820. The van der Waals surface area contributed by atoms with E-state index in [-0.39, 0.29) is 0 Å². The molecule has 3 unspecified atom stereocenters. The third kappa shape index (κ3) is 4.94. The quantitative estimate of drug-likeness (QED) is 0.611. The summed E-state index contributed by atoms with van der Waals surface area (Å²) in [4.78, 5) is 0. The minimum Gasteiger partial charge on any atom is -0.310 e. The molecule has 1 rings (SSSR count). The normalized spacial score (nSPS) is 15.8. The highest BCUT2D eigenvalue weighted by atomic mass is 14.9. The molecule has 1 N–H and O–H groups in total. The van der Waals surface area contributed by atoms with Gasteiger partial charge in [-0.15, -0.1) is 0 Å². The van der Waals surface area contributed by atoms with E-state index in [1.165, 1.54) is 36.8 Å². The van der Waals surface area contributed by atoms with Crippen molar-refractivity contribution in [2.24, 2.45) is 5.92 Å². The Morgan fingerprint density at radius 1 is 0.900 bits per heavy atom. The molecule has 1 aromatic carbocycles. The van der Waals surface area contributed by atoms with Gasteiger partial charge < -0.3 is 5.32 Å². The molecule has 0 spiro atoms. The molecule has 0 aliphatic rings. The first-order valence-electron chi connectivity index (χ1n) is 8.47. The van der Waals surface area contributed by atoms with Crippen LogP contribution in [0.2, 0.25) is 0 Å². The van der Waals surface area contributed by atoms with Gasteiger partial charge in [0.15, 0.2) is 0 Å². The average Bonchev–Trinajstić information content (AvgIpc) is 2.48. The maximum atomic E-state index is 3.73. The van der Waals surface area contributed by atoms with Crippen molar-refractivity contribution in [1.82, 2.24) is 5.32 Å². The molecule has 0 saturated carbocycles. The van der Waals surface area contributed by atoms with Crippen molar-refractivity contribution in [3.8, 4) is 0 Å². The van der Waals surface area contributed by atoms with Gasteiger partial charge in [0, 0.05) is 6.04 Å². The molecule has 3 atom stereocenters. The number of nitrogens with one attached hydrogen (secondary N) is 1. The lowest BCUT2D eigenvalue weighted by molar-refractivity contribution is 0.363. The zero-order chi connectivity index (χ0) is 15.0. The van der Waals surface area contributed by atoms with Crippen LogP contribution < -0.4 is 5.32 Å². The maximum absolute atomic E-state index is 3.73. The predicted octanol–water partition coefficient (Wildman–Crippen LogP) is 5.68. The smallest absolute Gasteiger partial charge is 0.0346 e. The Morgan fingerprint density at radius 2 is 1.50 bits per heavy atom. The van der Waals surface area contributed by atoms with Crippen molar-refractivity contribution in [1.29, 1.82) is 0 Å². The van der Waals surface area contributed by atoms with Crippen LogP contribution in [0.4, 0.5) is 0 Å². The molecule has 1 aromatic rings. The minimum absolute atomic E-state index is 0.501. The van der Waals surface area contributed by atoms with Crippen LogP contribution in [0.5, 0.6) is 0 Å². The molecule has 0 fully saturated rings. The second-order valence-corrected chi connectivity index (χ2v) is 6.17. The number of hydrogen-bond donors (Lipinski definition) is 1. The van der Waals surface area contributed by atoms with Crippen LogP contribution in [0.25, 0.3) is 0 Å². The molecule has 0 heterocycles. The molecule has 0 aliphatic carbocycles. The highest BCUT2D eigenvalue weighted by molar-refractivity contribution is 5.27. The molecule has 1 nitrogen and oxygen atoms in total. The zero-order valence-electron chi connectivity index (χ0n) is 14.1. The Bertz CT molecular complexity index is 355. The van der Waals surface area contributed by atoms with Gasteiger partial charge in [-0.05, 0) is 48.8 Å². The van der Waals surface area contributed by atoms with Gasteiger partial charge in [-0.25, -0.2) is 0 Å². The first kappa shape index (κ1) is 17.2. The van der Waals surface area contributed by atoms with Crippen LogP contribution in [0.15, 0.2) is 24.3 Å². The fraction of sp³-hybridized carbons (Fsp3) is 0.684. The summed E-state index contributed by atoms with van der Waals surface area (Å²) in [5.41, 5.74) is 2.92. The van der Waals surface area contributed by atoms with Crippen molar-refractivity contribution in [2.45, 2.75) is 72.3 Å². The van der Waals surface area contributed by atoms with Crippen LogP contribution >= 0.6 is 0 Å². The molecule has 1 heteroatoms. The van der Waals surface area contributed by atoms with Crippen LogP contribution in [0.1, 0.15) is 83.4 Å². The zero-order valence-corrected chi connectivity index (χ0v) is 14.1. The van der Waals surface area contributed by atoms with Crippen molar-refractivity contribution in [3.63, 3.8) is 0 Å². The van der Waals surface area contributed by atoms with Crippen LogP contribution in [0.3, 0.4) is 0 Å². The molecular formula is C19H33N. The average molecular weight is 275 g/mol. The van der Waals surface area contributed by atoms with Crippen molar-refractivity contribution < 1.29 is 0 Å². The van der Waals surface area contributed by atoms with Gasteiger partial charge in [-0.2, -0.15) is 0 Å². The molecule has 114 valence electrons. The topological polar surface area (TPSA) is 12.0 Å². The Kier molecular flexibility index (Phi) is 7.91. The monoisotopic (exact) mass is 275 g/mol. The van der Waals surface area contributed by atoms with E-state index in [1.54, 1.807) is 0 Å². The highest BCUT2D eigenvalue weighted by Crippen LogP contribution is 2.27. The Labute approximate surface area is 126 Å². The van der Waals surface area contributed by atoms with E-state index in [2.05, 4.69) is 64.2 Å². The number of hydrogen-bond acceptors (Lipinski definition) is 1. The summed E-state index contributed by atoms with van der Waals surface area (Å²) in [6.45, 7) is 12.6. The Morgan fingerprint density at radius 3 is 2.00 bits per heavy atom. The van der Waals surface area contributed by atoms with Gasteiger partial charge in [-0.3, -0.25) is 0 Å². The summed E-state index contributed by atoms with van der Waals surface area (Å²) < 4.78 is 0. The summed E-state index contributed by atoms with van der Waals surface area (Å²) in [5, 5.41) is 3.73. The second kappa shape index (κ2) is 9.18. The molecule has 0 amide bonds. The van der Waals surface area contributed by atoms with E-state index in [9.17, 15) is 0 Å². The van der Waals surface area contributed by atoms with E-state index >= 15 is 0 Å². The van der Waals surface area contributed by atoms with Gasteiger partial charge in [0.05, 0.1) is 0 Å². The van der Waals surface area contributed by atoms with E-state index < -0.39 is 0 Å². The third-order valence-electron chi connectivity index (χ3n) is 4.40. The van der Waals surface area contributed by atoms with Crippen LogP contribution in [0, 0.1) is 5.92 Å². The van der Waals surface area contributed by atoms with Crippen LogP contribution in [-0.2, 0) is 0 Å². The molecule has 0 bridgehead atoms. The van der Waals surface area contributed by atoms with E-state index in [0.717, 1.165) is 6.54 Å². The molecular weight excluding hydrogens is 242 g/mol. The van der Waals surface area contributed by atoms with Gasteiger partial charge >= 0.3 is 0 Å². The highest BCUT2D eigenvalue weighted by Gasteiger charge is 2.18. The molecule has 0 radical (unpaired) electrons. The van der Waals surface area contributed by atoms with E-state index in [1.807, 2.05) is 0 Å². The fourth-order valence-electron chi connectivity index (χ4n) is 2.84. The maximum Gasteiger partial charge on any atom is 0.0346 e. The first-order chi connectivity index (χ1) is 9.63. The predicted molar refractivity (Wildman–Crippen MR) is 90.3 cm³/mol. The Balaban J connectivity index is 2.84.